The van der Waals surface area contributed by atoms with Crippen molar-refractivity contribution in [2.24, 2.45) is 0 Å². The van der Waals surface area contributed by atoms with Gasteiger partial charge in [-0.25, -0.2) is 0 Å². The first-order chi connectivity index (χ1) is 8.15. The summed E-state index contributed by atoms with van der Waals surface area (Å²) in [5.41, 5.74) is 2.17. The molecule has 100 valence electrons. The average molecular weight is 290 g/mol. The van der Waals surface area contributed by atoms with Gasteiger partial charge in [-0.05, 0) is 19.1 Å². The van der Waals surface area contributed by atoms with Crippen LogP contribution in [0, 0.1) is 0 Å². The molecule has 2 aliphatic heterocycles. The molecular weight excluding hydrogens is 273 g/mol. The number of hydrogen-bond donors (Lipinski definition) is 1. The van der Waals surface area contributed by atoms with E-state index < -0.39 is 0 Å². The number of benzene rings is 1. The van der Waals surface area contributed by atoms with Crippen molar-refractivity contribution in [2.45, 2.75) is 25.0 Å². The zero-order valence-electron chi connectivity index (χ0n) is 10.5. The standard InChI is InChI=1S/C13H16ClNO2.ClH/c1-13-7-15-5-9(13)12-8(6-17-13)10(14)3-4-11(12)16-2;/h3-4,9,15H,5-7H2,1-2H3;1H/t9-,13-;/m0./s1. The lowest BCUT2D eigenvalue weighted by molar-refractivity contribution is -0.0523. The molecule has 1 N–H and O–H groups in total. The third-order valence-corrected chi connectivity index (χ3v) is 4.29. The number of fused-ring (bicyclic) bond motifs is 3. The fourth-order valence-corrected chi connectivity index (χ4v) is 3.14. The Morgan fingerprint density at radius 3 is 3.00 bits per heavy atom. The zero-order chi connectivity index (χ0) is 12.0. The van der Waals surface area contributed by atoms with Gasteiger partial charge in [0, 0.05) is 35.2 Å². The lowest BCUT2D eigenvalue weighted by Gasteiger charge is -2.38. The van der Waals surface area contributed by atoms with Gasteiger partial charge in [-0.3, -0.25) is 0 Å². The van der Waals surface area contributed by atoms with E-state index in [1.807, 2.05) is 12.1 Å². The van der Waals surface area contributed by atoms with Crippen molar-refractivity contribution in [1.82, 2.24) is 5.32 Å². The highest BCUT2D eigenvalue weighted by atomic mass is 35.5. The van der Waals surface area contributed by atoms with Crippen molar-refractivity contribution in [1.29, 1.82) is 0 Å². The summed E-state index contributed by atoms with van der Waals surface area (Å²) in [4.78, 5) is 0. The molecule has 0 aliphatic carbocycles. The number of hydrogen-bond acceptors (Lipinski definition) is 3. The fourth-order valence-electron chi connectivity index (χ4n) is 2.92. The van der Waals surface area contributed by atoms with Crippen LogP contribution in [0.25, 0.3) is 0 Å². The molecule has 1 aromatic rings. The second kappa shape index (κ2) is 4.89. The number of nitrogens with one attached hydrogen (secondary N) is 1. The van der Waals surface area contributed by atoms with Crippen LogP contribution in [0.2, 0.25) is 5.02 Å². The van der Waals surface area contributed by atoms with E-state index in [1.54, 1.807) is 7.11 Å². The van der Waals surface area contributed by atoms with Crippen LogP contribution in [0.3, 0.4) is 0 Å². The maximum Gasteiger partial charge on any atom is 0.122 e. The molecule has 1 fully saturated rings. The molecule has 0 amide bonds. The van der Waals surface area contributed by atoms with Gasteiger partial charge >= 0.3 is 0 Å². The maximum absolute atomic E-state index is 6.25. The predicted octanol–water partition coefficient (Wildman–Crippen LogP) is 2.75. The number of ether oxygens (including phenoxy) is 2. The molecule has 2 aliphatic rings. The highest BCUT2D eigenvalue weighted by Gasteiger charge is 2.46. The zero-order valence-corrected chi connectivity index (χ0v) is 12.0. The monoisotopic (exact) mass is 289 g/mol. The van der Waals surface area contributed by atoms with Crippen molar-refractivity contribution in [3.63, 3.8) is 0 Å². The van der Waals surface area contributed by atoms with Crippen molar-refractivity contribution in [3.8, 4) is 5.75 Å². The van der Waals surface area contributed by atoms with Crippen molar-refractivity contribution in [2.75, 3.05) is 20.2 Å². The highest BCUT2D eigenvalue weighted by Crippen LogP contribution is 2.46. The second-order valence-electron chi connectivity index (χ2n) is 4.93. The summed E-state index contributed by atoms with van der Waals surface area (Å²) in [5.74, 6) is 1.24. The molecule has 3 rings (SSSR count). The molecule has 1 aromatic carbocycles. The molecule has 5 heteroatoms. The van der Waals surface area contributed by atoms with E-state index in [0.717, 1.165) is 29.4 Å². The Hall–Kier alpha value is -0.480. The van der Waals surface area contributed by atoms with Crippen molar-refractivity contribution < 1.29 is 9.47 Å². The van der Waals surface area contributed by atoms with Gasteiger partial charge in [0.1, 0.15) is 5.75 Å². The normalized spacial score (nSPS) is 29.2. The summed E-state index contributed by atoms with van der Waals surface area (Å²) in [6.45, 7) is 4.52. The van der Waals surface area contributed by atoms with Gasteiger partial charge in [0.2, 0.25) is 0 Å². The van der Waals surface area contributed by atoms with E-state index in [9.17, 15) is 0 Å². The first kappa shape index (κ1) is 13.9. The Morgan fingerprint density at radius 1 is 1.50 bits per heavy atom. The summed E-state index contributed by atoms with van der Waals surface area (Å²) in [6.07, 6.45) is 0. The maximum atomic E-state index is 6.25. The predicted molar refractivity (Wildman–Crippen MR) is 74.1 cm³/mol. The minimum atomic E-state index is -0.134. The first-order valence-electron chi connectivity index (χ1n) is 5.85. The van der Waals surface area contributed by atoms with Crippen LogP contribution >= 0.6 is 24.0 Å². The van der Waals surface area contributed by atoms with Crippen LogP contribution in [-0.2, 0) is 11.3 Å². The van der Waals surface area contributed by atoms with Crippen LogP contribution in [-0.4, -0.2) is 25.8 Å². The molecule has 0 unspecified atom stereocenters. The minimum Gasteiger partial charge on any atom is -0.496 e. The molecule has 0 radical (unpaired) electrons. The summed E-state index contributed by atoms with van der Waals surface area (Å²) >= 11 is 6.25. The Bertz CT molecular complexity index is 467. The van der Waals surface area contributed by atoms with E-state index in [1.165, 1.54) is 5.56 Å². The summed E-state index contributed by atoms with van der Waals surface area (Å²) in [7, 11) is 1.71. The summed E-state index contributed by atoms with van der Waals surface area (Å²) < 4.78 is 11.5. The third-order valence-electron chi connectivity index (χ3n) is 3.94. The second-order valence-corrected chi connectivity index (χ2v) is 5.33. The van der Waals surface area contributed by atoms with E-state index in [0.29, 0.717) is 12.5 Å². The molecule has 0 spiro atoms. The highest BCUT2D eigenvalue weighted by molar-refractivity contribution is 6.31. The summed E-state index contributed by atoms with van der Waals surface area (Å²) in [5, 5.41) is 4.17. The van der Waals surface area contributed by atoms with Crippen LogP contribution in [0.5, 0.6) is 5.75 Å². The molecular formula is C13H17Cl2NO2. The van der Waals surface area contributed by atoms with E-state index in [-0.39, 0.29) is 18.0 Å². The van der Waals surface area contributed by atoms with E-state index in [4.69, 9.17) is 21.1 Å². The molecule has 0 saturated carbocycles. The lowest BCUT2D eigenvalue weighted by Crippen LogP contribution is -2.40. The molecule has 0 bridgehead atoms. The van der Waals surface area contributed by atoms with Gasteiger partial charge in [-0.15, -0.1) is 12.4 Å². The van der Waals surface area contributed by atoms with Gasteiger partial charge in [-0.1, -0.05) is 11.6 Å². The van der Waals surface area contributed by atoms with Gasteiger partial charge in [0.25, 0.3) is 0 Å². The van der Waals surface area contributed by atoms with Gasteiger partial charge in [0.05, 0.1) is 19.3 Å². The number of methoxy groups -OCH3 is 1. The van der Waals surface area contributed by atoms with Crippen LogP contribution < -0.4 is 10.1 Å². The molecule has 2 atom stereocenters. The fraction of sp³-hybridized carbons (Fsp3) is 0.538. The Labute approximate surface area is 118 Å². The number of halogens is 2. The molecule has 18 heavy (non-hydrogen) atoms. The number of rotatable bonds is 1. The SMILES string of the molecule is COc1ccc(Cl)c2c1[C@@H]1CNC[C@]1(C)OC2.Cl. The largest absolute Gasteiger partial charge is 0.496 e. The van der Waals surface area contributed by atoms with Crippen LogP contribution in [0.15, 0.2) is 12.1 Å². The van der Waals surface area contributed by atoms with E-state index >= 15 is 0 Å². The smallest absolute Gasteiger partial charge is 0.122 e. The van der Waals surface area contributed by atoms with Crippen LogP contribution in [0.4, 0.5) is 0 Å². The molecule has 3 nitrogen and oxygen atoms in total. The lowest BCUT2D eigenvalue weighted by atomic mass is 9.81. The minimum absolute atomic E-state index is 0. The van der Waals surface area contributed by atoms with Gasteiger partial charge < -0.3 is 14.8 Å². The summed E-state index contributed by atoms with van der Waals surface area (Å²) in [6, 6.07) is 3.83. The van der Waals surface area contributed by atoms with Gasteiger partial charge in [0.15, 0.2) is 0 Å². The topological polar surface area (TPSA) is 30.5 Å². The molecule has 1 saturated heterocycles. The van der Waals surface area contributed by atoms with Gasteiger partial charge in [-0.2, -0.15) is 0 Å². The van der Waals surface area contributed by atoms with Crippen molar-refractivity contribution in [3.05, 3.63) is 28.3 Å². The third kappa shape index (κ3) is 1.90. The average Bonchev–Trinajstić information content (AvgIpc) is 2.71. The molecule has 0 aromatic heterocycles. The first-order valence-corrected chi connectivity index (χ1v) is 6.23. The Kier molecular flexibility index (Phi) is 3.79. The Balaban J connectivity index is 0.00000120. The van der Waals surface area contributed by atoms with Crippen LogP contribution in [0.1, 0.15) is 24.0 Å². The Morgan fingerprint density at radius 2 is 2.28 bits per heavy atom. The molecule has 2 heterocycles. The van der Waals surface area contributed by atoms with E-state index in [2.05, 4.69) is 12.2 Å². The van der Waals surface area contributed by atoms with Crippen molar-refractivity contribution >= 4 is 24.0 Å². The quantitative estimate of drug-likeness (QED) is 0.862.